The van der Waals surface area contributed by atoms with Crippen molar-refractivity contribution in [3.05, 3.63) is 51.8 Å². The highest BCUT2D eigenvalue weighted by molar-refractivity contribution is 7.12. The van der Waals surface area contributed by atoms with Gasteiger partial charge in [0.1, 0.15) is 0 Å². The van der Waals surface area contributed by atoms with Gasteiger partial charge in [0.25, 0.3) is 0 Å². The van der Waals surface area contributed by atoms with Crippen molar-refractivity contribution in [1.82, 2.24) is 15.1 Å². The Morgan fingerprint density at radius 3 is 2.75 bits per heavy atom. The Labute approximate surface area is 123 Å². The highest BCUT2D eigenvalue weighted by atomic mass is 32.1. The van der Waals surface area contributed by atoms with Gasteiger partial charge < -0.3 is 5.32 Å². The fourth-order valence-corrected chi connectivity index (χ4v) is 3.61. The zero-order valence-electron chi connectivity index (χ0n) is 12.1. The van der Waals surface area contributed by atoms with Crippen LogP contribution in [0.3, 0.4) is 0 Å². The zero-order valence-corrected chi connectivity index (χ0v) is 12.9. The summed E-state index contributed by atoms with van der Waals surface area (Å²) in [6, 6.07) is 13.1. The van der Waals surface area contributed by atoms with E-state index in [-0.39, 0.29) is 0 Å². The first-order valence-electron chi connectivity index (χ1n) is 6.83. The summed E-state index contributed by atoms with van der Waals surface area (Å²) in [4.78, 5) is 2.73. The molecule has 0 radical (unpaired) electrons. The molecule has 3 nitrogen and oxygen atoms in total. The Hall–Kier alpha value is -1.65. The molecule has 0 saturated carbocycles. The lowest BCUT2D eigenvalue weighted by Gasteiger charge is -2.13. The molecule has 1 N–H and O–H groups in total. The van der Waals surface area contributed by atoms with Crippen molar-refractivity contribution in [3.8, 4) is 0 Å². The van der Waals surface area contributed by atoms with Gasteiger partial charge in [-0.3, -0.25) is 4.68 Å². The Morgan fingerprint density at radius 1 is 1.25 bits per heavy atom. The molecule has 3 aromatic rings. The number of fused-ring (bicyclic) bond motifs is 1. The largest absolute Gasteiger partial charge is 0.312 e. The first kappa shape index (κ1) is 13.3. The predicted octanol–water partition coefficient (Wildman–Crippen LogP) is 3.45. The van der Waals surface area contributed by atoms with Crippen molar-refractivity contribution in [2.45, 2.75) is 19.4 Å². The van der Waals surface area contributed by atoms with E-state index in [0.717, 1.165) is 12.1 Å². The summed E-state index contributed by atoms with van der Waals surface area (Å²) in [6.45, 7) is 2.15. The quantitative estimate of drug-likeness (QED) is 0.795. The van der Waals surface area contributed by atoms with Gasteiger partial charge in [0.2, 0.25) is 0 Å². The molecule has 0 bridgehead atoms. The van der Waals surface area contributed by atoms with Crippen LogP contribution in [0.4, 0.5) is 0 Å². The average molecular weight is 285 g/mol. The lowest BCUT2D eigenvalue weighted by atomic mass is 10.1. The lowest BCUT2D eigenvalue weighted by molar-refractivity contribution is 0.588. The van der Waals surface area contributed by atoms with Gasteiger partial charge in [-0.1, -0.05) is 18.2 Å². The molecule has 0 aliphatic rings. The molecule has 0 aliphatic carbocycles. The van der Waals surface area contributed by atoms with Crippen LogP contribution in [0.5, 0.6) is 0 Å². The number of hydrogen-bond acceptors (Lipinski definition) is 3. The third kappa shape index (κ3) is 2.37. The number of nitrogens with one attached hydrogen (secondary N) is 1. The van der Waals surface area contributed by atoms with Crippen molar-refractivity contribution in [1.29, 1.82) is 0 Å². The van der Waals surface area contributed by atoms with Crippen LogP contribution in [-0.2, 0) is 13.5 Å². The minimum atomic E-state index is 0.326. The molecule has 1 unspecified atom stereocenters. The smallest absolute Gasteiger partial charge is 0.0722 e. The molecule has 2 heterocycles. The Morgan fingerprint density at radius 2 is 2.05 bits per heavy atom. The van der Waals surface area contributed by atoms with E-state index in [4.69, 9.17) is 5.10 Å². The van der Waals surface area contributed by atoms with Gasteiger partial charge in [-0.2, -0.15) is 5.10 Å². The van der Waals surface area contributed by atoms with E-state index in [9.17, 15) is 0 Å². The van der Waals surface area contributed by atoms with E-state index in [1.165, 1.54) is 20.7 Å². The van der Waals surface area contributed by atoms with E-state index in [0.29, 0.717) is 6.04 Å². The van der Waals surface area contributed by atoms with Crippen LogP contribution in [0.15, 0.2) is 36.4 Å². The monoisotopic (exact) mass is 285 g/mol. The number of para-hydroxylation sites is 1. The summed E-state index contributed by atoms with van der Waals surface area (Å²) in [6.07, 6.45) is 0.914. The number of aromatic nitrogens is 2. The highest BCUT2D eigenvalue weighted by Gasteiger charge is 2.16. The summed E-state index contributed by atoms with van der Waals surface area (Å²) in [5.74, 6) is 0. The number of rotatable bonds is 4. The topological polar surface area (TPSA) is 29.9 Å². The second kappa shape index (κ2) is 5.38. The number of thiophene rings is 1. The van der Waals surface area contributed by atoms with Crippen molar-refractivity contribution in [2.75, 3.05) is 7.05 Å². The lowest BCUT2D eigenvalue weighted by Crippen LogP contribution is -2.18. The van der Waals surface area contributed by atoms with Gasteiger partial charge in [-0.25, -0.2) is 0 Å². The van der Waals surface area contributed by atoms with Crippen molar-refractivity contribution >= 4 is 22.2 Å². The molecule has 1 atom stereocenters. The van der Waals surface area contributed by atoms with Crippen LogP contribution in [0.2, 0.25) is 0 Å². The molecule has 1 aromatic carbocycles. The normalized spacial score (nSPS) is 12.9. The van der Waals surface area contributed by atoms with E-state index in [1.807, 2.05) is 30.1 Å². The Kier molecular flexibility index (Phi) is 3.59. The van der Waals surface area contributed by atoms with Crippen LogP contribution in [0, 0.1) is 6.92 Å². The summed E-state index contributed by atoms with van der Waals surface area (Å²) in [7, 11) is 4.03. The molecular formula is C16H19N3S. The number of likely N-dealkylation sites (N-methyl/N-ethyl adjacent to an activating group) is 1. The minimum Gasteiger partial charge on any atom is -0.312 e. The Balaban J connectivity index is 1.95. The average Bonchev–Trinajstić information content (AvgIpc) is 3.01. The number of aryl methyl sites for hydroxylation is 2. The third-order valence-corrected chi connectivity index (χ3v) is 4.80. The SMILES string of the molecule is CNC(Cc1nn(C)c2ccccc12)c1ccc(C)s1. The van der Waals surface area contributed by atoms with Gasteiger partial charge >= 0.3 is 0 Å². The molecule has 0 fully saturated rings. The number of nitrogens with zero attached hydrogens (tertiary/aromatic N) is 2. The van der Waals surface area contributed by atoms with E-state index >= 15 is 0 Å². The summed E-state index contributed by atoms with van der Waals surface area (Å²) in [5, 5.41) is 9.36. The number of benzene rings is 1. The molecule has 0 saturated heterocycles. The van der Waals surface area contributed by atoms with Gasteiger partial charge in [0.15, 0.2) is 0 Å². The molecular weight excluding hydrogens is 266 g/mol. The van der Waals surface area contributed by atoms with E-state index in [1.54, 1.807) is 0 Å². The maximum absolute atomic E-state index is 4.69. The number of hydrogen-bond donors (Lipinski definition) is 1. The van der Waals surface area contributed by atoms with Crippen LogP contribution >= 0.6 is 11.3 Å². The second-order valence-corrected chi connectivity index (χ2v) is 6.40. The molecule has 104 valence electrons. The summed E-state index contributed by atoms with van der Waals surface area (Å²) < 4.78 is 1.97. The van der Waals surface area contributed by atoms with Gasteiger partial charge in [-0.15, -0.1) is 11.3 Å². The maximum atomic E-state index is 4.69. The van der Waals surface area contributed by atoms with E-state index < -0.39 is 0 Å². The fraction of sp³-hybridized carbons (Fsp3) is 0.312. The van der Waals surface area contributed by atoms with Crippen LogP contribution < -0.4 is 5.32 Å². The van der Waals surface area contributed by atoms with Crippen molar-refractivity contribution in [3.63, 3.8) is 0 Å². The molecule has 3 rings (SSSR count). The molecule has 2 aromatic heterocycles. The molecule has 0 spiro atoms. The highest BCUT2D eigenvalue weighted by Crippen LogP contribution is 2.27. The minimum absolute atomic E-state index is 0.326. The van der Waals surface area contributed by atoms with Crippen LogP contribution in [0.25, 0.3) is 10.9 Å². The van der Waals surface area contributed by atoms with Gasteiger partial charge in [0.05, 0.1) is 11.2 Å². The molecule has 0 aliphatic heterocycles. The first-order valence-corrected chi connectivity index (χ1v) is 7.65. The van der Waals surface area contributed by atoms with Crippen LogP contribution in [-0.4, -0.2) is 16.8 Å². The molecule has 0 amide bonds. The van der Waals surface area contributed by atoms with Gasteiger partial charge in [0, 0.05) is 34.7 Å². The summed E-state index contributed by atoms with van der Waals surface area (Å²) in [5.41, 5.74) is 2.35. The van der Waals surface area contributed by atoms with E-state index in [2.05, 4.69) is 48.6 Å². The maximum Gasteiger partial charge on any atom is 0.0722 e. The zero-order chi connectivity index (χ0) is 14.1. The summed E-state index contributed by atoms with van der Waals surface area (Å²) >= 11 is 1.85. The Bertz CT molecular complexity index is 726. The predicted molar refractivity (Wildman–Crippen MR) is 85.3 cm³/mol. The van der Waals surface area contributed by atoms with Crippen LogP contribution in [0.1, 0.15) is 21.5 Å². The van der Waals surface area contributed by atoms with Crippen molar-refractivity contribution in [2.24, 2.45) is 7.05 Å². The second-order valence-electron chi connectivity index (χ2n) is 5.08. The third-order valence-electron chi connectivity index (χ3n) is 3.68. The molecule has 4 heteroatoms. The molecule has 20 heavy (non-hydrogen) atoms. The first-order chi connectivity index (χ1) is 9.69. The van der Waals surface area contributed by atoms with Gasteiger partial charge in [-0.05, 0) is 32.2 Å². The standard InChI is InChI=1S/C16H19N3S/c1-11-8-9-16(20-11)14(17-2)10-13-12-6-4-5-7-15(12)19(3)18-13/h4-9,14,17H,10H2,1-3H3. The van der Waals surface area contributed by atoms with Crippen molar-refractivity contribution < 1.29 is 0 Å². The fourth-order valence-electron chi connectivity index (χ4n) is 2.62.